The van der Waals surface area contributed by atoms with Crippen LogP contribution < -0.4 is 5.32 Å². The van der Waals surface area contributed by atoms with Crippen LogP contribution in [0.1, 0.15) is 31.7 Å². The van der Waals surface area contributed by atoms with Crippen LogP contribution in [0.4, 0.5) is 0 Å². The summed E-state index contributed by atoms with van der Waals surface area (Å²) in [5.74, 6) is 1.41. The van der Waals surface area contributed by atoms with Crippen LogP contribution in [0.15, 0.2) is 24.3 Å². The predicted molar refractivity (Wildman–Crippen MR) is 80.5 cm³/mol. The molecule has 0 heterocycles. The Morgan fingerprint density at radius 2 is 2.00 bits per heavy atom. The Morgan fingerprint density at radius 3 is 2.56 bits per heavy atom. The maximum absolute atomic E-state index is 11.9. The van der Waals surface area contributed by atoms with Crippen molar-refractivity contribution in [1.29, 1.82) is 0 Å². The molecule has 0 fully saturated rings. The number of benzene rings is 1. The zero-order valence-electron chi connectivity index (χ0n) is 11.1. The molecule has 2 atom stereocenters. The number of hydrogen-bond donors (Lipinski definition) is 1. The van der Waals surface area contributed by atoms with Crippen LogP contribution in [-0.4, -0.2) is 23.1 Å². The average molecular weight is 288 g/mol. The van der Waals surface area contributed by atoms with Gasteiger partial charge in [-0.1, -0.05) is 30.7 Å². The lowest BCUT2D eigenvalue weighted by Gasteiger charge is -2.12. The second kappa shape index (κ2) is 8.68. The van der Waals surface area contributed by atoms with Gasteiger partial charge in [-0.25, -0.2) is 0 Å². The van der Waals surface area contributed by atoms with Gasteiger partial charge in [0.2, 0.25) is 0 Å². The lowest BCUT2D eigenvalue weighted by Crippen LogP contribution is -2.24. The summed E-state index contributed by atoms with van der Waals surface area (Å²) < 4.78 is 11.9. The molecule has 0 amide bonds. The number of hydrogen-bond acceptors (Lipinski definition) is 2. The van der Waals surface area contributed by atoms with E-state index in [9.17, 15) is 4.21 Å². The van der Waals surface area contributed by atoms with Gasteiger partial charge in [0.15, 0.2) is 0 Å². The molecule has 0 aliphatic carbocycles. The summed E-state index contributed by atoms with van der Waals surface area (Å²) in [5.41, 5.74) is 1.10. The third-order valence-electron chi connectivity index (χ3n) is 3.07. The third kappa shape index (κ3) is 5.98. The lowest BCUT2D eigenvalue weighted by molar-refractivity contribution is 0.503. The lowest BCUT2D eigenvalue weighted by atomic mass is 10.1. The second-order valence-corrected chi connectivity index (χ2v) is 6.46. The van der Waals surface area contributed by atoms with Crippen molar-refractivity contribution in [2.45, 2.75) is 38.0 Å². The molecule has 102 valence electrons. The Balaban J connectivity index is 2.27. The van der Waals surface area contributed by atoms with Crippen molar-refractivity contribution in [2.75, 3.05) is 12.8 Å². The smallest absolute Gasteiger partial charge is 0.0485 e. The van der Waals surface area contributed by atoms with E-state index < -0.39 is 10.8 Å². The average Bonchev–Trinajstić information content (AvgIpc) is 2.37. The van der Waals surface area contributed by atoms with Crippen molar-refractivity contribution < 1.29 is 4.21 Å². The summed E-state index contributed by atoms with van der Waals surface area (Å²) in [7, 11) is 1.22. The molecule has 0 bridgehead atoms. The van der Waals surface area contributed by atoms with E-state index in [1.54, 1.807) is 0 Å². The second-order valence-electron chi connectivity index (χ2n) is 4.45. The summed E-state index contributed by atoms with van der Waals surface area (Å²) in [5, 5.41) is 3.99. The van der Waals surface area contributed by atoms with E-state index in [4.69, 9.17) is 11.6 Å². The minimum Gasteiger partial charge on any atom is -0.317 e. The molecule has 2 nitrogen and oxygen atoms in total. The van der Waals surface area contributed by atoms with Crippen LogP contribution in [0.3, 0.4) is 0 Å². The monoisotopic (exact) mass is 287 g/mol. The first-order valence-electron chi connectivity index (χ1n) is 6.42. The molecule has 0 saturated carbocycles. The molecule has 1 rings (SSSR count). The number of nitrogens with one attached hydrogen (secondary N) is 1. The Hall–Kier alpha value is -0.380. The largest absolute Gasteiger partial charge is 0.317 e. The van der Waals surface area contributed by atoms with Gasteiger partial charge >= 0.3 is 0 Å². The summed E-state index contributed by atoms with van der Waals surface area (Å²) in [6.45, 7) is 2.17. The summed E-state index contributed by atoms with van der Waals surface area (Å²) >= 11 is 5.82. The van der Waals surface area contributed by atoms with E-state index in [2.05, 4.69) is 12.2 Å². The highest BCUT2D eigenvalue weighted by Gasteiger charge is 2.05. The zero-order valence-corrected chi connectivity index (χ0v) is 12.7. The SMILES string of the molecule is CCC(CCCS(=O)Cc1ccc(Cl)cc1)NC. The molecular formula is C14H22ClNOS. The molecule has 1 N–H and O–H groups in total. The van der Waals surface area contributed by atoms with E-state index in [1.807, 2.05) is 31.3 Å². The van der Waals surface area contributed by atoms with Gasteiger partial charge in [0.1, 0.15) is 0 Å². The predicted octanol–water partition coefficient (Wildman–Crippen LogP) is 3.37. The molecule has 4 heteroatoms. The van der Waals surface area contributed by atoms with Gasteiger partial charge in [-0.3, -0.25) is 4.21 Å². The summed E-state index contributed by atoms with van der Waals surface area (Å²) in [6, 6.07) is 8.15. The molecule has 18 heavy (non-hydrogen) atoms. The molecule has 0 aliphatic heterocycles. The van der Waals surface area contributed by atoms with Crippen molar-refractivity contribution in [1.82, 2.24) is 5.32 Å². The number of rotatable bonds is 8. The van der Waals surface area contributed by atoms with Crippen molar-refractivity contribution in [3.63, 3.8) is 0 Å². The normalized spacial score (nSPS) is 14.4. The number of halogens is 1. The molecule has 2 unspecified atom stereocenters. The van der Waals surface area contributed by atoms with E-state index >= 15 is 0 Å². The van der Waals surface area contributed by atoms with Crippen LogP contribution in [-0.2, 0) is 16.6 Å². The maximum atomic E-state index is 11.9. The van der Waals surface area contributed by atoms with Crippen LogP contribution >= 0.6 is 11.6 Å². The van der Waals surface area contributed by atoms with Crippen LogP contribution in [0, 0.1) is 0 Å². The highest BCUT2D eigenvalue weighted by molar-refractivity contribution is 7.84. The van der Waals surface area contributed by atoms with E-state index in [0.29, 0.717) is 11.8 Å². The van der Waals surface area contributed by atoms with Crippen molar-refractivity contribution >= 4 is 22.4 Å². The first-order chi connectivity index (χ1) is 8.65. The first kappa shape index (κ1) is 15.7. The molecule has 0 aromatic heterocycles. The molecule has 1 aromatic rings. The quantitative estimate of drug-likeness (QED) is 0.794. The Kier molecular flexibility index (Phi) is 7.56. The van der Waals surface area contributed by atoms with Crippen molar-refractivity contribution in [3.05, 3.63) is 34.9 Å². The fourth-order valence-corrected chi connectivity index (χ4v) is 3.21. The van der Waals surface area contributed by atoms with Gasteiger partial charge in [-0.05, 0) is 44.0 Å². The van der Waals surface area contributed by atoms with Gasteiger partial charge in [-0.15, -0.1) is 0 Å². The molecule has 1 aromatic carbocycles. The van der Waals surface area contributed by atoms with Crippen LogP contribution in [0.25, 0.3) is 0 Å². The Bertz CT molecular complexity index is 363. The van der Waals surface area contributed by atoms with Gasteiger partial charge in [0.05, 0.1) is 0 Å². The zero-order chi connectivity index (χ0) is 13.4. The minimum absolute atomic E-state index is 0.553. The minimum atomic E-state index is -0.769. The van der Waals surface area contributed by atoms with E-state index in [1.165, 1.54) is 0 Å². The fourth-order valence-electron chi connectivity index (χ4n) is 1.88. The highest BCUT2D eigenvalue weighted by atomic mass is 35.5. The fraction of sp³-hybridized carbons (Fsp3) is 0.571. The van der Waals surface area contributed by atoms with E-state index in [-0.39, 0.29) is 0 Å². The van der Waals surface area contributed by atoms with Gasteiger partial charge in [0, 0.05) is 33.4 Å². The van der Waals surface area contributed by atoms with Crippen LogP contribution in [0.2, 0.25) is 5.02 Å². The first-order valence-corrected chi connectivity index (χ1v) is 8.29. The Morgan fingerprint density at radius 1 is 1.33 bits per heavy atom. The van der Waals surface area contributed by atoms with Gasteiger partial charge in [-0.2, -0.15) is 0 Å². The molecular weight excluding hydrogens is 266 g/mol. The maximum Gasteiger partial charge on any atom is 0.0485 e. The van der Waals surface area contributed by atoms with Gasteiger partial charge in [0.25, 0.3) is 0 Å². The Labute approximate surface area is 118 Å². The van der Waals surface area contributed by atoms with Gasteiger partial charge < -0.3 is 5.32 Å². The standard InChI is InChI=1S/C14H22ClNOS/c1-3-14(16-2)5-4-10-18(17)11-12-6-8-13(15)9-7-12/h6-9,14,16H,3-5,10-11H2,1-2H3. The topological polar surface area (TPSA) is 29.1 Å². The van der Waals surface area contributed by atoms with Crippen molar-refractivity contribution in [3.8, 4) is 0 Å². The molecule has 0 saturated heterocycles. The molecule has 0 aliphatic rings. The summed E-state index contributed by atoms with van der Waals surface area (Å²) in [4.78, 5) is 0. The van der Waals surface area contributed by atoms with Crippen molar-refractivity contribution in [2.24, 2.45) is 0 Å². The van der Waals surface area contributed by atoms with Crippen LogP contribution in [0.5, 0.6) is 0 Å². The third-order valence-corrected chi connectivity index (χ3v) is 4.72. The van der Waals surface area contributed by atoms with E-state index in [0.717, 1.165) is 35.6 Å². The highest BCUT2D eigenvalue weighted by Crippen LogP contribution is 2.12. The molecule has 0 radical (unpaired) electrons. The summed E-state index contributed by atoms with van der Waals surface area (Å²) in [6.07, 6.45) is 3.24. The molecule has 0 spiro atoms.